The first-order valence-corrected chi connectivity index (χ1v) is 7.04. The molecule has 1 unspecified atom stereocenters. The fraction of sp³-hybridized carbons (Fsp3) is 0.400. The molecule has 0 bridgehead atoms. The molecule has 2 rings (SSSR count). The van der Waals surface area contributed by atoms with Crippen molar-refractivity contribution in [3.63, 3.8) is 0 Å². The highest BCUT2D eigenvalue weighted by atomic mass is 35.5. The number of halogens is 2. The fourth-order valence-corrected chi connectivity index (χ4v) is 3.33. The van der Waals surface area contributed by atoms with Gasteiger partial charge in [-0.3, -0.25) is 0 Å². The maximum atomic E-state index is 13.6. The Morgan fingerprint density at radius 1 is 1.47 bits per heavy atom. The molecule has 7 heteroatoms. The predicted octanol–water partition coefficient (Wildman–Crippen LogP) is 1.12. The van der Waals surface area contributed by atoms with Crippen LogP contribution in [0.1, 0.15) is 6.42 Å². The minimum absolute atomic E-state index is 0.196. The summed E-state index contributed by atoms with van der Waals surface area (Å²) in [7, 11) is -3.85. The zero-order valence-corrected chi connectivity index (χ0v) is 10.5. The highest BCUT2D eigenvalue weighted by molar-refractivity contribution is 7.89. The summed E-state index contributed by atoms with van der Waals surface area (Å²) in [5.41, 5.74) is 0. The van der Waals surface area contributed by atoms with E-state index >= 15 is 0 Å². The van der Waals surface area contributed by atoms with Crippen LogP contribution in [0.3, 0.4) is 0 Å². The van der Waals surface area contributed by atoms with Gasteiger partial charge in [-0.05, 0) is 25.1 Å². The van der Waals surface area contributed by atoms with Gasteiger partial charge in [0.25, 0.3) is 0 Å². The number of hydrogen-bond donors (Lipinski definition) is 2. The molecule has 4 nitrogen and oxygen atoms in total. The lowest BCUT2D eigenvalue weighted by Gasteiger charge is -2.12. The summed E-state index contributed by atoms with van der Waals surface area (Å²) in [6.07, 6.45) is 0.696. The normalized spacial score (nSPS) is 20.7. The molecule has 1 aromatic carbocycles. The maximum Gasteiger partial charge on any atom is 0.243 e. The van der Waals surface area contributed by atoms with Crippen molar-refractivity contribution in [1.29, 1.82) is 0 Å². The molecule has 1 aliphatic rings. The first-order chi connectivity index (χ1) is 8.00. The van der Waals surface area contributed by atoms with Gasteiger partial charge < -0.3 is 5.32 Å². The van der Waals surface area contributed by atoms with Gasteiger partial charge in [-0.2, -0.15) is 0 Å². The molecule has 0 aromatic heterocycles. The molecule has 1 fully saturated rings. The topological polar surface area (TPSA) is 58.2 Å². The van der Waals surface area contributed by atoms with Crippen LogP contribution in [0.4, 0.5) is 4.39 Å². The molecule has 0 amide bonds. The quantitative estimate of drug-likeness (QED) is 0.871. The number of benzene rings is 1. The summed E-state index contributed by atoms with van der Waals surface area (Å²) in [6.45, 7) is 1.31. The van der Waals surface area contributed by atoms with Crippen LogP contribution in [-0.2, 0) is 10.0 Å². The lowest BCUT2D eigenvalue weighted by atomic mass is 10.3. The van der Waals surface area contributed by atoms with Crippen LogP contribution >= 0.6 is 11.6 Å². The van der Waals surface area contributed by atoms with Crippen LogP contribution in [-0.4, -0.2) is 27.5 Å². The van der Waals surface area contributed by atoms with E-state index in [1.165, 1.54) is 18.2 Å². The van der Waals surface area contributed by atoms with Gasteiger partial charge in [-0.15, -0.1) is 0 Å². The third-order valence-electron chi connectivity index (χ3n) is 2.59. The average Bonchev–Trinajstić information content (AvgIpc) is 2.73. The molecule has 1 atom stereocenters. The van der Waals surface area contributed by atoms with Gasteiger partial charge >= 0.3 is 0 Å². The van der Waals surface area contributed by atoms with Crippen LogP contribution in [0.25, 0.3) is 0 Å². The van der Waals surface area contributed by atoms with Gasteiger partial charge in [0.15, 0.2) is 5.82 Å². The molecule has 1 saturated heterocycles. The Morgan fingerprint density at radius 2 is 2.24 bits per heavy atom. The van der Waals surface area contributed by atoms with Gasteiger partial charge in [0.2, 0.25) is 10.0 Å². The van der Waals surface area contributed by atoms with Crippen molar-refractivity contribution >= 4 is 21.6 Å². The second-order valence-corrected chi connectivity index (χ2v) is 5.95. The Labute approximate surface area is 104 Å². The first kappa shape index (κ1) is 12.8. The highest BCUT2D eigenvalue weighted by Crippen LogP contribution is 2.22. The van der Waals surface area contributed by atoms with E-state index in [0.717, 1.165) is 6.54 Å². The summed E-state index contributed by atoms with van der Waals surface area (Å²) in [4.78, 5) is -0.406. The van der Waals surface area contributed by atoms with E-state index < -0.39 is 20.7 Å². The lowest BCUT2D eigenvalue weighted by Crippen LogP contribution is -2.36. The summed E-state index contributed by atoms with van der Waals surface area (Å²) in [5.74, 6) is -0.910. The molecule has 0 spiro atoms. The molecular weight excluding hydrogens is 267 g/mol. The van der Waals surface area contributed by atoms with Gasteiger partial charge in [0.05, 0.1) is 5.02 Å². The van der Waals surface area contributed by atoms with E-state index in [4.69, 9.17) is 11.6 Å². The molecule has 0 saturated carbocycles. The van der Waals surface area contributed by atoms with Crippen molar-refractivity contribution in [2.75, 3.05) is 13.1 Å². The van der Waals surface area contributed by atoms with Crippen LogP contribution in [0.2, 0.25) is 5.02 Å². The Morgan fingerprint density at radius 3 is 2.88 bits per heavy atom. The zero-order valence-electron chi connectivity index (χ0n) is 8.91. The van der Waals surface area contributed by atoms with Crippen molar-refractivity contribution < 1.29 is 12.8 Å². The van der Waals surface area contributed by atoms with Gasteiger partial charge in [0.1, 0.15) is 4.90 Å². The molecule has 0 aliphatic carbocycles. The largest absolute Gasteiger partial charge is 0.315 e. The third kappa shape index (κ3) is 2.77. The first-order valence-electron chi connectivity index (χ1n) is 5.18. The minimum atomic E-state index is -3.85. The number of sulfonamides is 1. The van der Waals surface area contributed by atoms with Gasteiger partial charge in [0, 0.05) is 12.6 Å². The molecule has 2 N–H and O–H groups in total. The van der Waals surface area contributed by atoms with Crippen molar-refractivity contribution in [1.82, 2.24) is 10.0 Å². The van der Waals surface area contributed by atoms with Crippen molar-refractivity contribution in [3.05, 3.63) is 29.0 Å². The van der Waals surface area contributed by atoms with Crippen molar-refractivity contribution in [2.24, 2.45) is 0 Å². The Bertz CT molecular complexity index is 515. The molecule has 1 heterocycles. The molecule has 1 aromatic rings. The van der Waals surface area contributed by atoms with E-state index in [-0.39, 0.29) is 11.1 Å². The third-order valence-corrected chi connectivity index (χ3v) is 4.42. The van der Waals surface area contributed by atoms with Crippen LogP contribution in [0.5, 0.6) is 0 Å². The number of hydrogen-bond acceptors (Lipinski definition) is 3. The zero-order chi connectivity index (χ0) is 12.5. The van der Waals surface area contributed by atoms with Crippen molar-refractivity contribution in [2.45, 2.75) is 17.4 Å². The van der Waals surface area contributed by atoms with Crippen molar-refractivity contribution in [3.8, 4) is 0 Å². The SMILES string of the molecule is O=S(=O)(NC1CCNC1)c1cccc(Cl)c1F. The second kappa shape index (κ2) is 4.89. The molecule has 0 radical (unpaired) electrons. The maximum absolute atomic E-state index is 13.6. The predicted molar refractivity (Wildman–Crippen MR) is 63.0 cm³/mol. The van der Waals surface area contributed by atoms with Crippen LogP contribution in [0, 0.1) is 5.82 Å². The fourth-order valence-electron chi connectivity index (χ4n) is 1.73. The molecule has 17 heavy (non-hydrogen) atoms. The van der Waals surface area contributed by atoms with E-state index in [0.29, 0.717) is 13.0 Å². The van der Waals surface area contributed by atoms with Crippen LogP contribution < -0.4 is 10.0 Å². The summed E-state index contributed by atoms with van der Waals surface area (Å²) in [5, 5.41) is 2.83. The molecule has 1 aliphatic heterocycles. The molecule has 94 valence electrons. The summed E-state index contributed by atoms with van der Waals surface area (Å²) < 4.78 is 39.9. The second-order valence-electron chi connectivity index (χ2n) is 3.86. The summed E-state index contributed by atoms with van der Waals surface area (Å²) in [6, 6.07) is 3.73. The lowest BCUT2D eigenvalue weighted by molar-refractivity contribution is 0.542. The molecular formula is C10H12ClFN2O2S. The van der Waals surface area contributed by atoms with E-state index in [2.05, 4.69) is 10.0 Å². The Balaban J connectivity index is 2.28. The Hall–Kier alpha value is -0.690. The van der Waals surface area contributed by atoms with E-state index in [1.807, 2.05) is 0 Å². The van der Waals surface area contributed by atoms with E-state index in [9.17, 15) is 12.8 Å². The van der Waals surface area contributed by atoms with Gasteiger partial charge in [-0.1, -0.05) is 17.7 Å². The average molecular weight is 279 g/mol. The minimum Gasteiger partial charge on any atom is -0.315 e. The van der Waals surface area contributed by atoms with Gasteiger partial charge in [-0.25, -0.2) is 17.5 Å². The summed E-state index contributed by atoms with van der Waals surface area (Å²) >= 11 is 5.56. The standard InChI is InChI=1S/C10H12ClFN2O2S/c11-8-2-1-3-9(10(8)12)17(15,16)14-7-4-5-13-6-7/h1-3,7,13-14H,4-6H2. The van der Waals surface area contributed by atoms with Crippen LogP contribution in [0.15, 0.2) is 23.1 Å². The smallest absolute Gasteiger partial charge is 0.243 e. The monoisotopic (exact) mass is 278 g/mol. The Kier molecular flexibility index (Phi) is 3.67. The highest BCUT2D eigenvalue weighted by Gasteiger charge is 2.25. The number of rotatable bonds is 3. The number of nitrogens with one attached hydrogen (secondary N) is 2. The van der Waals surface area contributed by atoms with E-state index in [1.54, 1.807) is 0 Å².